The highest BCUT2D eigenvalue weighted by Crippen LogP contribution is 2.18. The van der Waals surface area contributed by atoms with Gasteiger partial charge in [-0.05, 0) is 25.5 Å². The molecule has 0 aliphatic rings. The highest BCUT2D eigenvalue weighted by Gasteiger charge is 1.99. The van der Waals surface area contributed by atoms with Crippen LogP contribution in [-0.4, -0.2) is 11.7 Å². The number of rotatable bonds is 3. The molecule has 0 radical (unpaired) electrons. The molecule has 1 aromatic rings. The number of aromatic hydroxyl groups is 1. The van der Waals surface area contributed by atoms with E-state index in [1.807, 2.05) is 26.0 Å². The van der Waals surface area contributed by atoms with Crippen molar-refractivity contribution in [1.82, 2.24) is 0 Å². The lowest BCUT2D eigenvalue weighted by Crippen LogP contribution is -1.92. The molecule has 66 valence electrons. The highest BCUT2D eigenvalue weighted by atomic mass is 16.5. The van der Waals surface area contributed by atoms with Crippen molar-refractivity contribution in [2.45, 2.75) is 20.5 Å². The summed E-state index contributed by atoms with van der Waals surface area (Å²) < 4.78 is 5.18. The predicted molar refractivity (Wildman–Crippen MR) is 48.2 cm³/mol. The minimum atomic E-state index is 0.323. The third-order valence-corrected chi connectivity index (χ3v) is 1.70. The maximum atomic E-state index is 9.44. The Morgan fingerprint density at radius 1 is 1.42 bits per heavy atom. The first-order valence-corrected chi connectivity index (χ1v) is 4.10. The first-order valence-electron chi connectivity index (χ1n) is 4.10. The van der Waals surface area contributed by atoms with Crippen molar-refractivity contribution in [3.63, 3.8) is 0 Å². The quantitative estimate of drug-likeness (QED) is 0.746. The molecule has 0 fully saturated rings. The smallest absolute Gasteiger partial charge is 0.121 e. The van der Waals surface area contributed by atoms with Gasteiger partial charge in [-0.25, -0.2) is 0 Å². The number of hydrogen-bond donors (Lipinski definition) is 1. The Hall–Kier alpha value is -1.02. The minimum absolute atomic E-state index is 0.323. The molecule has 0 spiro atoms. The first kappa shape index (κ1) is 9.07. The summed E-state index contributed by atoms with van der Waals surface area (Å²) in [6.07, 6.45) is 0. The summed E-state index contributed by atoms with van der Waals surface area (Å²) in [7, 11) is 0. The van der Waals surface area contributed by atoms with Crippen molar-refractivity contribution in [3.8, 4) is 5.75 Å². The topological polar surface area (TPSA) is 29.5 Å². The monoisotopic (exact) mass is 166 g/mol. The number of aryl methyl sites for hydroxylation is 1. The summed E-state index contributed by atoms with van der Waals surface area (Å²) in [4.78, 5) is 0. The normalized spacial score (nSPS) is 10.2. The van der Waals surface area contributed by atoms with Crippen LogP contribution in [0.2, 0.25) is 0 Å². The molecule has 2 nitrogen and oxygen atoms in total. The average Bonchev–Trinajstić information content (AvgIpc) is 2.03. The van der Waals surface area contributed by atoms with Crippen LogP contribution in [0.4, 0.5) is 0 Å². The van der Waals surface area contributed by atoms with Crippen LogP contribution < -0.4 is 0 Å². The molecule has 0 aliphatic carbocycles. The van der Waals surface area contributed by atoms with Gasteiger partial charge in [-0.15, -0.1) is 0 Å². The molecule has 1 rings (SSSR count). The van der Waals surface area contributed by atoms with Gasteiger partial charge in [0.2, 0.25) is 0 Å². The van der Waals surface area contributed by atoms with Crippen molar-refractivity contribution in [2.75, 3.05) is 6.61 Å². The van der Waals surface area contributed by atoms with Crippen molar-refractivity contribution in [3.05, 3.63) is 29.3 Å². The number of phenolic OH excluding ortho intramolecular Hbond substituents is 1. The Kier molecular flexibility index (Phi) is 3.11. The zero-order chi connectivity index (χ0) is 8.97. The lowest BCUT2D eigenvalue weighted by molar-refractivity contribution is 0.132. The SMILES string of the molecule is CCOCc1ccc(C)cc1O. The number of benzene rings is 1. The van der Waals surface area contributed by atoms with Crippen molar-refractivity contribution >= 4 is 0 Å². The molecule has 0 atom stereocenters. The number of ether oxygens (including phenoxy) is 1. The summed E-state index contributed by atoms with van der Waals surface area (Å²) in [5.74, 6) is 0.323. The molecule has 1 aromatic carbocycles. The average molecular weight is 166 g/mol. The van der Waals surface area contributed by atoms with Gasteiger partial charge in [0, 0.05) is 12.2 Å². The molecular weight excluding hydrogens is 152 g/mol. The van der Waals surface area contributed by atoms with Gasteiger partial charge in [0.1, 0.15) is 5.75 Å². The van der Waals surface area contributed by atoms with E-state index in [-0.39, 0.29) is 0 Å². The molecule has 0 heterocycles. The van der Waals surface area contributed by atoms with Gasteiger partial charge < -0.3 is 9.84 Å². The summed E-state index contributed by atoms with van der Waals surface area (Å²) in [5, 5.41) is 9.44. The van der Waals surface area contributed by atoms with Crippen molar-refractivity contribution in [2.24, 2.45) is 0 Å². The van der Waals surface area contributed by atoms with E-state index < -0.39 is 0 Å². The summed E-state index contributed by atoms with van der Waals surface area (Å²) in [6, 6.07) is 5.60. The second kappa shape index (κ2) is 4.12. The Balaban J connectivity index is 2.72. The van der Waals surface area contributed by atoms with E-state index in [1.165, 1.54) is 0 Å². The Morgan fingerprint density at radius 3 is 2.75 bits per heavy atom. The van der Waals surface area contributed by atoms with Crippen LogP contribution in [0, 0.1) is 6.92 Å². The molecule has 12 heavy (non-hydrogen) atoms. The molecule has 0 saturated heterocycles. The zero-order valence-electron chi connectivity index (χ0n) is 7.50. The van der Waals surface area contributed by atoms with Gasteiger partial charge in [-0.2, -0.15) is 0 Å². The Labute approximate surface area is 72.8 Å². The summed E-state index contributed by atoms with van der Waals surface area (Å²) in [6.45, 7) is 5.05. The van der Waals surface area contributed by atoms with Crippen LogP contribution >= 0.6 is 0 Å². The van der Waals surface area contributed by atoms with E-state index in [1.54, 1.807) is 6.07 Å². The second-order valence-electron chi connectivity index (χ2n) is 2.77. The Bertz CT molecular complexity index is 256. The summed E-state index contributed by atoms with van der Waals surface area (Å²) in [5.41, 5.74) is 1.91. The van der Waals surface area contributed by atoms with E-state index in [9.17, 15) is 5.11 Å². The van der Waals surface area contributed by atoms with E-state index in [2.05, 4.69) is 0 Å². The van der Waals surface area contributed by atoms with Gasteiger partial charge in [-0.1, -0.05) is 12.1 Å². The highest BCUT2D eigenvalue weighted by molar-refractivity contribution is 5.35. The second-order valence-corrected chi connectivity index (χ2v) is 2.77. The van der Waals surface area contributed by atoms with E-state index >= 15 is 0 Å². The maximum absolute atomic E-state index is 9.44. The molecule has 0 bridgehead atoms. The predicted octanol–water partition coefficient (Wildman–Crippen LogP) is 2.24. The van der Waals surface area contributed by atoms with E-state index in [0.29, 0.717) is 19.0 Å². The molecular formula is C10H14O2. The molecule has 0 saturated carbocycles. The van der Waals surface area contributed by atoms with Crippen LogP contribution in [0.3, 0.4) is 0 Å². The fourth-order valence-electron chi connectivity index (χ4n) is 1.01. The molecule has 2 heteroatoms. The van der Waals surface area contributed by atoms with Crippen molar-refractivity contribution < 1.29 is 9.84 Å². The third-order valence-electron chi connectivity index (χ3n) is 1.70. The van der Waals surface area contributed by atoms with Crippen LogP contribution in [0.15, 0.2) is 18.2 Å². The molecule has 0 aliphatic heterocycles. The fraction of sp³-hybridized carbons (Fsp3) is 0.400. The van der Waals surface area contributed by atoms with Crippen LogP contribution in [0.1, 0.15) is 18.1 Å². The van der Waals surface area contributed by atoms with Gasteiger partial charge >= 0.3 is 0 Å². The third kappa shape index (κ3) is 2.24. The fourth-order valence-corrected chi connectivity index (χ4v) is 1.01. The van der Waals surface area contributed by atoms with Gasteiger partial charge in [0.25, 0.3) is 0 Å². The van der Waals surface area contributed by atoms with Crippen LogP contribution in [0.25, 0.3) is 0 Å². The lowest BCUT2D eigenvalue weighted by Gasteiger charge is -2.04. The minimum Gasteiger partial charge on any atom is -0.508 e. The number of phenols is 1. The number of hydrogen-bond acceptors (Lipinski definition) is 2. The molecule has 0 amide bonds. The zero-order valence-corrected chi connectivity index (χ0v) is 7.50. The molecule has 0 unspecified atom stereocenters. The Morgan fingerprint density at radius 2 is 2.17 bits per heavy atom. The van der Waals surface area contributed by atoms with Crippen molar-refractivity contribution in [1.29, 1.82) is 0 Å². The standard InChI is InChI=1S/C10H14O2/c1-3-12-7-9-5-4-8(2)6-10(9)11/h4-6,11H,3,7H2,1-2H3. The van der Waals surface area contributed by atoms with Gasteiger partial charge in [0.05, 0.1) is 6.61 Å². The van der Waals surface area contributed by atoms with Gasteiger partial charge in [-0.3, -0.25) is 0 Å². The largest absolute Gasteiger partial charge is 0.508 e. The van der Waals surface area contributed by atoms with Gasteiger partial charge in [0.15, 0.2) is 0 Å². The molecule has 1 N–H and O–H groups in total. The molecule has 0 aromatic heterocycles. The maximum Gasteiger partial charge on any atom is 0.121 e. The van der Waals surface area contributed by atoms with E-state index in [0.717, 1.165) is 11.1 Å². The van der Waals surface area contributed by atoms with Crippen LogP contribution in [0.5, 0.6) is 5.75 Å². The summed E-state index contributed by atoms with van der Waals surface area (Å²) >= 11 is 0. The first-order chi connectivity index (χ1) is 5.74. The van der Waals surface area contributed by atoms with Crippen LogP contribution in [-0.2, 0) is 11.3 Å². The lowest BCUT2D eigenvalue weighted by atomic mass is 10.1. The van der Waals surface area contributed by atoms with E-state index in [4.69, 9.17) is 4.74 Å².